The van der Waals surface area contributed by atoms with E-state index in [1.807, 2.05) is 30.0 Å². The minimum atomic E-state index is 0.266. The van der Waals surface area contributed by atoms with Crippen molar-refractivity contribution in [2.75, 3.05) is 23.7 Å². The number of carbonyl (C=O) groups excluding carboxylic acids is 1. The van der Waals surface area contributed by atoms with Crippen LogP contribution in [0.4, 0.5) is 5.82 Å². The summed E-state index contributed by atoms with van der Waals surface area (Å²) in [6, 6.07) is 17.0. The van der Waals surface area contributed by atoms with E-state index in [-0.39, 0.29) is 5.91 Å². The fraction of sp³-hybridized carbons (Fsp3) is 0.435. The Balaban J connectivity index is 1.30. The first kappa shape index (κ1) is 19.8. The number of anilines is 1. The maximum Gasteiger partial charge on any atom is 0.223 e. The van der Waals surface area contributed by atoms with Gasteiger partial charge in [-0.25, -0.2) is 4.98 Å². The van der Waals surface area contributed by atoms with Crippen molar-refractivity contribution in [2.45, 2.75) is 43.5 Å². The molecular formula is C23H26N4OS. The lowest BCUT2D eigenvalue weighted by Gasteiger charge is -2.41. The lowest BCUT2D eigenvalue weighted by atomic mass is 10.1. The molecule has 3 heterocycles. The van der Waals surface area contributed by atoms with E-state index < -0.39 is 0 Å². The summed E-state index contributed by atoms with van der Waals surface area (Å²) in [5.41, 5.74) is 1.89. The summed E-state index contributed by atoms with van der Waals surface area (Å²) in [7, 11) is 0. The molecule has 2 aliphatic rings. The monoisotopic (exact) mass is 406 g/mol. The molecule has 6 heteroatoms. The summed E-state index contributed by atoms with van der Waals surface area (Å²) in [6.07, 6.45) is 4.42. The first-order valence-electron chi connectivity index (χ1n) is 10.2. The maximum atomic E-state index is 12.8. The van der Waals surface area contributed by atoms with Gasteiger partial charge in [-0.2, -0.15) is 17.0 Å². The van der Waals surface area contributed by atoms with Crippen LogP contribution in [0.25, 0.3) is 0 Å². The predicted molar refractivity (Wildman–Crippen MR) is 117 cm³/mol. The number of likely N-dealkylation sites (tertiary alicyclic amines) is 1. The summed E-state index contributed by atoms with van der Waals surface area (Å²) in [5, 5.41) is 9.37. The number of amides is 1. The smallest absolute Gasteiger partial charge is 0.223 e. The third-order valence-corrected chi connectivity index (χ3v) is 7.14. The molecule has 2 bridgehead atoms. The zero-order valence-electron chi connectivity index (χ0n) is 16.7. The molecule has 0 saturated carbocycles. The molecule has 0 spiro atoms. The first-order chi connectivity index (χ1) is 14.2. The Labute approximate surface area is 176 Å². The third kappa shape index (κ3) is 4.40. The van der Waals surface area contributed by atoms with Crippen molar-refractivity contribution in [3.8, 4) is 6.07 Å². The van der Waals surface area contributed by atoms with E-state index in [0.717, 1.165) is 37.5 Å². The summed E-state index contributed by atoms with van der Waals surface area (Å²) >= 11 is 1.85. The van der Waals surface area contributed by atoms with Crippen LogP contribution in [0.15, 0.2) is 48.7 Å². The van der Waals surface area contributed by atoms with Crippen molar-refractivity contribution >= 4 is 23.5 Å². The molecule has 2 aliphatic heterocycles. The van der Waals surface area contributed by atoms with Gasteiger partial charge in [0.15, 0.2) is 0 Å². The normalized spacial score (nSPS) is 21.7. The molecule has 0 aliphatic carbocycles. The molecule has 3 unspecified atom stereocenters. The van der Waals surface area contributed by atoms with Crippen LogP contribution >= 0.6 is 11.8 Å². The van der Waals surface area contributed by atoms with Gasteiger partial charge in [0.05, 0.1) is 5.56 Å². The van der Waals surface area contributed by atoms with Gasteiger partial charge in [0, 0.05) is 48.8 Å². The van der Waals surface area contributed by atoms with Gasteiger partial charge in [0.25, 0.3) is 0 Å². The Hall–Kier alpha value is -2.52. The molecule has 0 radical (unpaired) electrons. The van der Waals surface area contributed by atoms with Crippen LogP contribution in [0.5, 0.6) is 0 Å². The maximum absolute atomic E-state index is 12.8. The first-order valence-corrected chi connectivity index (χ1v) is 11.3. The number of hydrogen-bond donors (Lipinski definition) is 0. The van der Waals surface area contributed by atoms with Gasteiger partial charge < -0.3 is 9.80 Å². The van der Waals surface area contributed by atoms with E-state index in [2.05, 4.69) is 52.0 Å². The molecule has 1 aromatic heterocycles. The van der Waals surface area contributed by atoms with E-state index in [1.54, 1.807) is 6.20 Å². The zero-order chi connectivity index (χ0) is 20.2. The van der Waals surface area contributed by atoms with E-state index in [1.165, 1.54) is 5.56 Å². The number of thioether (sulfide) groups is 1. The fourth-order valence-electron chi connectivity index (χ4n) is 4.39. The summed E-state index contributed by atoms with van der Waals surface area (Å²) in [6.45, 7) is 3.75. The van der Waals surface area contributed by atoms with Crippen LogP contribution in [0.3, 0.4) is 0 Å². The van der Waals surface area contributed by atoms with Crippen LogP contribution in [0.1, 0.15) is 42.6 Å². The molecule has 1 amide bonds. The van der Waals surface area contributed by atoms with Crippen molar-refractivity contribution < 1.29 is 4.79 Å². The molecule has 0 N–H and O–H groups in total. The van der Waals surface area contributed by atoms with Crippen molar-refractivity contribution in [3.05, 3.63) is 59.8 Å². The summed E-state index contributed by atoms with van der Waals surface area (Å²) < 4.78 is 0. The number of pyridine rings is 1. The van der Waals surface area contributed by atoms with E-state index in [0.29, 0.717) is 29.3 Å². The van der Waals surface area contributed by atoms with Crippen LogP contribution < -0.4 is 4.90 Å². The number of carbonyl (C=O) groups is 1. The van der Waals surface area contributed by atoms with Gasteiger partial charge in [0.1, 0.15) is 11.9 Å². The second-order valence-electron chi connectivity index (χ2n) is 7.78. The van der Waals surface area contributed by atoms with Crippen molar-refractivity contribution in [3.63, 3.8) is 0 Å². The highest BCUT2D eigenvalue weighted by Crippen LogP contribution is 2.34. The number of benzene rings is 1. The molecule has 2 saturated heterocycles. The molecule has 3 atom stereocenters. The topological polar surface area (TPSA) is 60.2 Å². The largest absolute Gasteiger partial charge is 0.347 e. The number of nitriles is 1. The molecule has 2 fully saturated rings. The van der Waals surface area contributed by atoms with Crippen molar-refractivity contribution in [1.82, 2.24) is 9.88 Å². The van der Waals surface area contributed by atoms with Gasteiger partial charge in [-0.1, -0.05) is 30.3 Å². The quantitative estimate of drug-likeness (QED) is 0.725. The molecule has 2 aromatic rings. The van der Waals surface area contributed by atoms with E-state index >= 15 is 0 Å². The lowest BCUT2D eigenvalue weighted by molar-refractivity contribution is -0.131. The number of aromatic nitrogens is 1. The van der Waals surface area contributed by atoms with Crippen LogP contribution in [0.2, 0.25) is 0 Å². The lowest BCUT2D eigenvalue weighted by Crippen LogP contribution is -2.55. The number of hydrogen-bond acceptors (Lipinski definition) is 5. The molecule has 29 heavy (non-hydrogen) atoms. The van der Waals surface area contributed by atoms with Crippen LogP contribution in [-0.4, -0.2) is 46.7 Å². The van der Waals surface area contributed by atoms with Gasteiger partial charge in [0.2, 0.25) is 5.91 Å². The fourth-order valence-corrected chi connectivity index (χ4v) is 5.38. The van der Waals surface area contributed by atoms with Crippen LogP contribution in [-0.2, 0) is 4.79 Å². The molecule has 1 aromatic carbocycles. The van der Waals surface area contributed by atoms with E-state index in [4.69, 9.17) is 5.26 Å². The minimum Gasteiger partial charge on any atom is -0.347 e. The molecule has 150 valence electrons. The highest BCUT2D eigenvalue weighted by atomic mass is 32.2. The zero-order valence-corrected chi connectivity index (χ0v) is 17.5. The average molecular weight is 407 g/mol. The highest BCUT2D eigenvalue weighted by molar-refractivity contribution is 7.99. The number of piperazine rings is 1. The molecule has 4 rings (SSSR count). The third-order valence-electron chi connectivity index (χ3n) is 5.93. The predicted octanol–water partition coefficient (Wildman–Crippen LogP) is 4.02. The summed E-state index contributed by atoms with van der Waals surface area (Å²) in [4.78, 5) is 21.7. The van der Waals surface area contributed by atoms with Gasteiger partial charge in [-0.05, 0) is 37.5 Å². The number of nitrogens with zero attached hydrogens (tertiary/aromatic N) is 4. The molecular weight excluding hydrogens is 380 g/mol. The van der Waals surface area contributed by atoms with E-state index in [9.17, 15) is 4.79 Å². The molecule has 5 nitrogen and oxygen atoms in total. The number of rotatable bonds is 6. The highest BCUT2D eigenvalue weighted by Gasteiger charge is 2.41. The van der Waals surface area contributed by atoms with Gasteiger partial charge >= 0.3 is 0 Å². The average Bonchev–Trinajstić information content (AvgIpc) is 3.03. The van der Waals surface area contributed by atoms with Crippen molar-refractivity contribution in [1.29, 1.82) is 5.26 Å². The Morgan fingerprint density at radius 3 is 2.55 bits per heavy atom. The van der Waals surface area contributed by atoms with Crippen LogP contribution in [0, 0.1) is 11.3 Å². The second kappa shape index (κ2) is 8.87. The Kier molecular flexibility index (Phi) is 6.05. The SMILES string of the molecule is CC(SCCC(=O)N1CC2CCC(C1)N2c1ccc(C#N)cn1)c1ccccc1. The second-order valence-corrected chi connectivity index (χ2v) is 9.23. The van der Waals surface area contributed by atoms with Gasteiger partial charge in [-0.3, -0.25) is 4.79 Å². The number of fused-ring (bicyclic) bond motifs is 2. The Morgan fingerprint density at radius 2 is 1.93 bits per heavy atom. The Bertz CT molecular complexity index is 866. The van der Waals surface area contributed by atoms with Gasteiger partial charge in [-0.15, -0.1) is 0 Å². The Morgan fingerprint density at radius 1 is 1.21 bits per heavy atom. The van der Waals surface area contributed by atoms with Crippen molar-refractivity contribution in [2.24, 2.45) is 0 Å². The summed E-state index contributed by atoms with van der Waals surface area (Å²) in [5.74, 6) is 2.04. The standard InChI is InChI=1S/C23H26N4OS/c1-17(19-5-3-2-4-6-19)29-12-11-23(28)26-15-20-8-9-21(16-26)27(20)22-10-7-18(13-24)14-25-22/h2-7,10,14,17,20-21H,8-9,11-12,15-16H2,1H3. The minimum absolute atomic E-state index is 0.266.